The Morgan fingerprint density at radius 2 is 2.46 bits per heavy atom. The van der Waals surface area contributed by atoms with E-state index in [2.05, 4.69) is 11.3 Å². The van der Waals surface area contributed by atoms with E-state index in [1.165, 1.54) is 0 Å². The van der Waals surface area contributed by atoms with Gasteiger partial charge >= 0.3 is 6.16 Å². The van der Waals surface area contributed by atoms with Crippen molar-refractivity contribution < 1.29 is 19.4 Å². The van der Waals surface area contributed by atoms with Crippen molar-refractivity contribution >= 4 is 6.16 Å². The first-order valence-corrected chi connectivity index (χ1v) is 3.71. The molecule has 1 rings (SSSR count). The molecule has 0 atom stereocenters. The highest BCUT2D eigenvalue weighted by Gasteiger charge is 2.14. The zero-order valence-electron chi connectivity index (χ0n) is 7.24. The summed E-state index contributed by atoms with van der Waals surface area (Å²) in [6, 6.07) is 0. The molecule has 1 heterocycles. The molecule has 1 aliphatic heterocycles. The minimum Gasteiger partial charge on any atom is -0.460 e. The maximum Gasteiger partial charge on any atom is 0.513 e. The zero-order chi connectivity index (χ0) is 9.84. The first-order chi connectivity index (χ1) is 6.11. The molecule has 0 saturated carbocycles. The predicted molar refractivity (Wildman–Crippen MR) is 46.0 cm³/mol. The molecule has 0 radical (unpaired) electrons. The van der Waals surface area contributed by atoms with Gasteiger partial charge in [0, 0.05) is 0 Å². The molecule has 0 unspecified atom stereocenters. The van der Waals surface area contributed by atoms with Gasteiger partial charge in [0.25, 0.3) is 5.95 Å². The molecule has 4 heteroatoms. The van der Waals surface area contributed by atoms with Gasteiger partial charge in [-0.25, -0.2) is 4.79 Å². The molecule has 13 heavy (non-hydrogen) atoms. The second-order valence-corrected chi connectivity index (χ2v) is 2.56. The fourth-order valence-electron chi connectivity index (χ4n) is 0.916. The van der Waals surface area contributed by atoms with Crippen molar-refractivity contribution in [3.05, 3.63) is 35.8 Å². The molecule has 0 aliphatic carbocycles. The summed E-state index contributed by atoms with van der Waals surface area (Å²) in [5.74, 6) is 0.00231. The maximum absolute atomic E-state index is 10.2. The number of allylic oxidation sites excluding steroid dienone is 3. The standard InChI is InChI=1S/C9H10O4/c1-6(2)7-4-3-5-12-8(7)13-9(10)11/h3-4H,1,5H2,2H3,(H,10,11). The van der Waals surface area contributed by atoms with Crippen molar-refractivity contribution in [2.75, 3.05) is 6.61 Å². The molecule has 70 valence electrons. The minimum atomic E-state index is -1.39. The Morgan fingerprint density at radius 1 is 1.77 bits per heavy atom. The Bertz CT molecular complexity index is 299. The van der Waals surface area contributed by atoms with Crippen LogP contribution in [0.15, 0.2) is 35.8 Å². The van der Waals surface area contributed by atoms with Crippen molar-refractivity contribution in [3.8, 4) is 0 Å². The van der Waals surface area contributed by atoms with Crippen LogP contribution in [0.5, 0.6) is 0 Å². The van der Waals surface area contributed by atoms with Crippen LogP contribution >= 0.6 is 0 Å². The second kappa shape index (κ2) is 3.80. The SMILES string of the molecule is C=C(C)C1=C(OC(=O)O)OCC=C1. The van der Waals surface area contributed by atoms with Crippen molar-refractivity contribution in [1.82, 2.24) is 0 Å². The molecule has 0 bridgehead atoms. The van der Waals surface area contributed by atoms with Crippen LogP contribution in [0.3, 0.4) is 0 Å². The van der Waals surface area contributed by atoms with Crippen LogP contribution in [0.25, 0.3) is 0 Å². The molecule has 0 amide bonds. The van der Waals surface area contributed by atoms with Crippen LogP contribution in [-0.4, -0.2) is 17.9 Å². The Labute approximate surface area is 75.8 Å². The minimum absolute atomic E-state index is 0.00231. The predicted octanol–water partition coefficient (Wildman–Crippen LogP) is 2.06. The molecule has 1 N–H and O–H groups in total. The van der Waals surface area contributed by atoms with E-state index < -0.39 is 6.16 Å². The van der Waals surface area contributed by atoms with Gasteiger partial charge < -0.3 is 14.6 Å². The van der Waals surface area contributed by atoms with Gasteiger partial charge in [0.2, 0.25) is 0 Å². The Balaban J connectivity index is 2.91. The Kier molecular flexibility index (Phi) is 2.74. The van der Waals surface area contributed by atoms with Gasteiger partial charge in [-0.2, -0.15) is 0 Å². The highest BCUT2D eigenvalue weighted by molar-refractivity contribution is 5.59. The van der Waals surface area contributed by atoms with Gasteiger partial charge in [-0.1, -0.05) is 6.58 Å². The van der Waals surface area contributed by atoms with Gasteiger partial charge in [0.15, 0.2) is 0 Å². The molecule has 0 aromatic carbocycles. The summed E-state index contributed by atoms with van der Waals surface area (Å²) >= 11 is 0. The number of ether oxygens (including phenoxy) is 2. The molecule has 1 aliphatic rings. The first-order valence-electron chi connectivity index (χ1n) is 3.71. The highest BCUT2D eigenvalue weighted by Crippen LogP contribution is 2.20. The fraction of sp³-hybridized carbons (Fsp3) is 0.222. The summed E-state index contributed by atoms with van der Waals surface area (Å²) in [7, 11) is 0. The molecule has 0 spiro atoms. The van der Waals surface area contributed by atoms with Gasteiger partial charge in [0.05, 0.1) is 5.57 Å². The van der Waals surface area contributed by atoms with Crippen molar-refractivity contribution in [2.45, 2.75) is 6.92 Å². The van der Waals surface area contributed by atoms with E-state index in [-0.39, 0.29) is 5.95 Å². The van der Waals surface area contributed by atoms with E-state index in [0.717, 1.165) is 0 Å². The molecule has 0 aromatic rings. The summed E-state index contributed by atoms with van der Waals surface area (Å²) in [6.07, 6.45) is 2.10. The largest absolute Gasteiger partial charge is 0.513 e. The van der Waals surface area contributed by atoms with E-state index in [9.17, 15) is 4.79 Å². The average molecular weight is 182 g/mol. The number of carboxylic acid groups (broad SMARTS) is 1. The number of hydrogen-bond donors (Lipinski definition) is 1. The summed E-state index contributed by atoms with van der Waals surface area (Å²) in [5, 5.41) is 8.38. The van der Waals surface area contributed by atoms with Crippen LogP contribution < -0.4 is 0 Å². The lowest BCUT2D eigenvalue weighted by Crippen LogP contribution is -2.09. The number of carbonyl (C=O) groups is 1. The van der Waals surface area contributed by atoms with Crippen molar-refractivity contribution in [1.29, 1.82) is 0 Å². The zero-order valence-corrected chi connectivity index (χ0v) is 7.24. The Hall–Kier alpha value is -1.71. The van der Waals surface area contributed by atoms with Gasteiger partial charge in [-0.3, -0.25) is 0 Å². The molecule has 4 nitrogen and oxygen atoms in total. The van der Waals surface area contributed by atoms with Crippen molar-refractivity contribution in [2.24, 2.45) is 0 Å². The second-order valence-electron chi connectivity index (χ2n) is 2.56. The maximum atomic E-state index is 10.2. The average Bonchev–Trinajstić information content (AvgIpc) is 2.03. The Morgan fingerprint density at radius 3 is 3.00 bits per heavy atom. The molecule has 0 saturated heterocycles. The van der Waals surface area contributed by atoms with Crippen molar-refractivity contribution in [3.63, 3.8) is 0 Å². The molecule has 0 aromatic heterocycles. The van der Waals surface area contributed by atoms with E-state index >= 15 is 0 Å². The summed E-state index contributed by atoms with van der Waals surface area (Å²) in [5.41, 5.74) is 1.28. The van der Waals surface area contributed by atoms with Crippen LogP contribution in [0.2, 0.25) is 0 Å². The monoisotopic (exact) mass is 182 g/mol. The normalized spacial score (nSPS) is 15.2. The fourth-order valence-corrected chi connectivity index (χ4v) is 0.916. The van der Waals surface area contributed by atoms with Crippen LogP contribution in [0.1, 0.15) is 6.92 Å². The summed E-state index contributed by atoms with van der Waals surface area (Å²) in [6.45, 7) is 5.74. The lowest BCUT2D eigenvalue weighted by atomic mass is 10.1. The third-order valence-corrected chi connectivity index (χ3v) is 1.45. The lowest BCUT2D eigenvalue weighted by Gasteiger charge is -2.14. The van der Waals surface area contributed by atoms with E-state index in [4.69, 9.17) is 9.84 Å². The van der Waals surface area contributed by atoms with E-state index in [1.807, 2.05) is 0 Å². The van der Waals surface area contributed by atoms with E-state index in [0.29, 0.717) is 17.8 Å². The molecular weight excluding hydrogens is 172 g/mol. The van der Waals surface area contributed by atoms with Crippen LogP contribution in [0.4, 0.5) is 4.79 Å². The summed E-state index contributed by atoms with van der Waals surface area (Å²) < 4.78 is 9.42. The smallest absolute Gasteiger partial charge is 0.460 e. The summed E-state index contributed by atoms with van der Waals surface area (Å²) in [4.78, 5) is 10.2. The molecule has 0 fully saturated rings. The van der Waals surface area contributed by atoms with Crippen LogP contribution in [0, 0.1) is 0 Å². The quantitative estimate of drug-likeness (QED) is 0.664. The van der Waals surface area contributed by atoms with Gasteiger partial charge in [0.1, 0.15) is 6.61 Å². The van der Waals surface area contributed by atoms with Crippen LogP contribution in [-0.2, 0) is 9.47 Å². The van der Waals surface area contributed by atoms with E-state index in [1.54, 1.807) is 19.1 Å². The highest BCUT2D eigenvalue weighted by atomic mass is 16.7. The third kappa shape index (κ3) is 2.37. The number of rotatable bonds is 2. The molecular formula is C9H10O4. The number of hydrogen-bond acceptors (Lipinski definition) is 3. The van der Waals surface area contributed by atoms with Gasteiger partial charge in [-0.05, 0) is 24.6 Å². The third-order valence-electron chi connectivity index (χ3n) is 1.45. The first kappa shape index (κ1) is 9.38. The van der Waals surface area contributed by atoms with Gasteiger partial charge in [-0.15, -0.1) is 0 Å². The topological polar surface area (TPSA) is 55.8 Å². The lowest BCUT2D eigenvalue weighted by molar-refractivity contribution is 0.0444.